The third-order valence-corrected chi connectivity index (χ3v) is 3.56. The number of carbonyl (C=O) groups excluding carboxylic acids is 2. The lowest BCUT2D eigenvalue weighted by Gasteiger charge is -2.27. The number of cyclic esters (lactones) is 1. The molecule has 0 aliphatic carbocycles. The van der Waals surface area contributed by atoms with Gasteiger partial charge in [0.1, 0.15) is 18.3 Å². The van der Waals surface area contributed by atoms with Gasteiger partial charge in [-0.05, 0) is 26.2 Å². The molecule has 2 N–H and O–H groups in total. The molecule has 134 valence electrons. The summed E-state index contributed by atoms with van der Waals surface area (Å²) in [6.45, 7) is 3.69. The predicted octanol–water partition coefficient (Wildman–Crippen LogP) is 1.81. The molecule has 0 spiro atoms. The molecule has 1 aliphatic heterocycles. The molecule has 0 bridgehead atoms. The summed E-state index contributed by atoms with van der Waals surface area (Å²) in [5, 5.41) is 20.0. The van der Waals surface area contributed by atoms with Crippen LogP contribution in [0.2, 0.25) is 0 Å². The number of esters is 2. The molecule has 0 fully saturated rings. The third kappa shape index (κ3) is 6.68. The van der Waals surface area contributed by atoms with Gasteiger partial charge >= 0.3 is 11.9 Å². The van der Waals surface area contributed by atoms with Gasteiger partial charge in [0, 0.05) is 6.08 Å². The minimum absolute atomic E-state index is 0.250. The third-order valence-electron chi connectivity index (χ3n) is 3.56. The van der Waals surface area contributed by atoms with E-state index in [1.165, 1.54) is 18.2 Å². The molecule has 0 amide bonds. The number of aliphatic hydroxyl groups is 2. The Kier molecular flexibility index (Phi) is 9.04. The molecule has 6 nitrogen and oxygen atoms in total. The molecular weight excluding hydrogens is 312 g/mol. The summed E-state index contributed by atoms with van der Waals surface area (Å²) in [7, 11) is 0. The summed E-state index contributed by atoms with van der Waals surface area (Å²) >= 11 is 0. The quantitative estimate of drug-likeness (QED) is 0.344. The minimum atomic E-state index is -1.21. The van der Waals surface area contributed by atoms with Gasteiger partial charge in [-0.1, -0.05) is 43.7 Å². The van der Waals surface area contributed by atoms with Crippen LogP contribution in [0.4, 0.5) is 0 Å². The van der Waals surface area contributed by atoms with E-state index in [0.717, 1.165) is 0 Å². The fraction of sp³-hybridized carbons (Fsp3) is 0.556. The molecule has 0 saturated carbocycles. The smallest absolute Gasteiger partial charge is 0.347 e. The number of allylic oxidation sites excluding steroid dienone is 4. The number of aliphatic hydroxyl groups excluding tert-OH is 2. The monoisotopic (exact) mass is 338 g/mol. The van der Waals surface area contributed by atoms with Crippen LogP contribution in [0.25, 0.3) is 0 Å². The van der Waals surface area contributed by atoms with Gasteiger partial charge in [0.25, 0.3) is 0 Å². The lowest BCUT2D eigenvalue weighted by molar-refractivity contribution is -0.176. The maximum atomic E-state index is 12.3. The zero-order valence-corrected chi connectivity index (χ0v) is 14.1. The van der Waals surface area contributed by atoms with Crippen LogP contribution in [0.3, 0.4) is 0 Å². The first-order valence-corrected chi connectivity index (χ1v) is 8.22. The van der Waals surface area contributed by atoms with Crippen LogP contribution in [0, 0.1) is 0 Å². The van der Waals surface area contributed by atoms with Crippen molar-refractivity contribution < 1.29 is 29.3 Å². The van der Waals surface area contributed by atoms with E-state index in [0.29, 0.717) is 19.3 Å². The predicted molar refractivity (Wildman–Crippen MR) is 89.0 cm³/mol. The highest BCUT2D eigenvalue weighted by Crippen LogP contribution is 2.17. The van der Waals surface area contributed by atoms with Gasteiger partial charge < -0.3 is 19.7 Å². The van der Waals surface area contributed by atoms with Crippen molar-refractivity contribution in [3.8, 4) is 0 Å². The maximum absolute atomic E-state index is 12.3. The molecule has 0 radical (unpaired) electrons. The summed E-state index contributed by atoms with van der Waals surface area (Å²) in [4.78, 5) is 24.0. The van der Waals surface area contributed by atoms with Gasteiger partial charge in [0.15, 0.2) is 6.10 Å². The molecule has 0 unspecified atom stereocenters. The van der Waals surface area contributed by atoms with Crippen LogP contribution in [-0.2, 0) is 19.1 Å². The SMILES string of the molecule is C/C=C/C=C/C(=O)O[C@@H]1CC/C=C/[C@H](O)[C@@H](O)[C@@H](CCC)OC1=O. The summed E-state index contributed by atoms with van der Waals surface area (Å²) in [6.07, 6.45) is 6.83. The molecule has 0 aromatic rings. The topological polar surface area (TPSA) is 93.1 Å². The van der Waals surface area contributed by atoms with Crippen molar-refractivity contribution in [2.24, 2.45) is 0 Å². The molecule has 0 aromatic carbocycles. The van der Waals surface area contributed by atoms with Crippen molar-refractivity contribution in [1.82, 2.24) is 0 Å². The zero-order chi connectivity index (χ0) is 17.9. The molecule has 1 aliphatic rings. The van der Waals surface area contributed by atoms with E-state index >= 15 is 0 Å². The normalized spacial score (nSPS) is 30.2. The van der Waals surface area contributed by atoms with Crippen LogP contribution >= 0.6 is 0 Å². The average Bonchev–Trinajstić information content (AvgIpc) is 2.55. The molecule has 1 rings (SSSR count). The summed E-state index contributed by atoms with van der Waals surface area (Å²) < 4.78 is 10.4. The van der Waals surface area contributed by atoms with E-state index in [1.807, 2.05) is 13.8 Å². The average molecular weight is 338 g/mol. The molecule has 6 heteroatoms. The van der Waals surface area contributed by atoms with Crippen molar-refractivity contribution >= 4 is 11.9 Å². The Morgan fingerprint density at radius 2 is 2.17 bits per heavy atom. The number of rotatable bonds is 5. The molecule has 0 aromatic heterocycles. The molecule has 0 saturated heterocycles. The molecule has 4 atom stereocenters. The van der Waals surface area contributed by atoms with Gasteiger partial charge in [-0.2, -0.15) is 0 Å². The van der Waals surface area contributed by atoms with E-state index in [4.69, 9.17) is 9.47 Å². The van der Waals surface area contributed by atoms with Crippen molar-refractivity contribution in [2.45, 2.75) is 63.9 Å². The highest BCUT2D eigenvalue weighted by atomic mass is 16.6. The second kappa shape index (κ2) is 10.8. The maximum Gasteiger partial charge on any atom is 0.347 e. The first kappa shape index (κ1) is 20.1. The number of hydrogen-bond acceptors (Lipinski definition) is 6. The Morgan fingerprint density at radius 1 is 1.42 bits per heavy atom. The van der Waals surface area contributed by atoms with Crippen LogP contribution in [-0.4, -0.2) is 46.6 Å². The van der Waals surface area contributed by atoms with E-state index in [-0.39, 0.29) is 6.42 Å². The van der Waals surface area contributed by atoms with E-state index in [1.54, 1.807) is 18.2 Å². The standard InChI is InChI=1S/C18H26O6/c1-3-5-6-12-16(20)23-15-11-8-7-10-13(19)17(21)14(9-4-2)24-18(15)22/h3,5-7,10,12-15,17,19,21H,4,8-9,11H2,1-2H3/b5-3+,10-7+,12-6+/t13-,14+,15+,17+/m0/s1. The van der Waals surface area contributed by atoms with Crippen molar-refractivity contribution in [3.05, 3.63) is 36.5 Å². The van der Waals surface area contributed by atoms with Crippen molar-refractivity contribution in [2.75, 3.05) is 0 Å². The largest absolute Gasteiger partial charge is 0.457 e. The fourth-order valence-corrected chi connectivity index (χ4v) is 2.28. The van der Waals surface area contributed by atoms with Crippen LogP contribution in [0.1, 0.15) is 39.5 Å². The zero-order valence-electron chi connectivity index (χ0n) is 14.1. The van der Waals surface area contributed by atoms with Crippen LogP contribution in [0.15, 0.2) is 36.5 Å². The van der Waals surface area contributed by atoms with Crippen LogP contribution in [0.5, 0.6) is 0 Å². The van der Waals surface area contributed by atoms with Crippen molar-refractivity contribution in [3.63, 3.8) is 0 Å². The Labute approximate surface area is 142 Å². The minimum Gasteiger partial charge on any atom is -0.457 e. The van der Waals surface area contributed by atoms with Gasteiger partial charge in [-0.15, -0.1) is 0 Å². The highest BCUT2D eigenvalue weighted by Gasteiger charge is 2.32. The second-order valence-electron chi connectivity index (χ2n) is 5.56. The lowest BCUT2D eigenvalue weighted by atomic mass is 10.0. The Hall–Kier alpha value is -1.92. The summed E-state index contributed by atoms with van der Waals surface area (Å²) in [5.41, 5.74) is 0. The Morgan fingerprint density at radius 3 is 2.83 bits per heavy atom. The fourth-order valence-electron chi connectivity index (χ4n) is 2.28. The van der Waals surface area contributed by atoms with Gasteiger partial charge in [0.2, 0.25) is 0 Å². The van der Waals surface area contributed by atoms with E-state index in [9.17, 15) is 19.8 Å². The Balaban J connectivity index is 2.84. The van der Waals surface area contributed by atoms with E-state index < -0.39 is 36.4 Å². The van der Waals surface area contributed by atoms with Gasteiger partial charge in [-0.3, -0.25) is 0 Å². The van der Waals surface area contributed by atoms with Gasteiger partial charge in [0.05, 0.1) is 0 Å². The molecule has 24 heavy (non-hydrogen) atoms. The second-order valence-corrected chi connectivity index (χ2v) is 5.56. The number of ether oxygens (including phenoxy) is 2. The van der Waals surface area contributed by atoms with Crippen LogP contribution < -0.4 is 0 Å². The molecule has 1 heterocycles. The first-order chi connectivity index (χ1) is 11.5. The lowest BCUT2D eigenvalue weighted by Crippen LogP contribution is -2.42. The number of carbonyl (C=O) groups is 2. The summed E-state index contributed by atoms with van der Waals surface area (Å²) in [5.74, 6) is -1.34. The number of hydrogen-bond donors (Lipinski definition) is 2. The first-order valence-electron chi connectivity index (χ1n) is 8.22. The highest BCUT2D eigenvalue weighted by molar-refractivity contribution is 5.85. The summed E-state index contributed by atoms with van der Waals surface area (Å²) in [6, 6.07) is 0. The van der Waals surface area contributed by atoms with E-state index in [2.05, 4.69) is 0 Å². The molecular formula is C18H26O6. The Bertz CT molecular complexity index is 494. The van der Waals surface area contributed by atoms with Gasteiger partial charge in [-0.25, -0.2) is 9.59 Å². The van der Waals surface area contributed by atoms with Crippen molar-refractivity contribution in [1.29, 1.82) is 0 Å².